The number of fused-ring (bicyclic) bond motifs is 1. The van der Waals surface area contributed by atoms with Gasteiger partial charge in [-0.2, -0.15) is 4.98 Å². The fourth-order valence-corrected chi connectivity index (χ4v) is 3.04. The highest BCUT2D eigenvalue weighted by atomic mass is 32.2. The zero-order chi connectivity index (χ0) is 20.2. The predicted molar refractivity (Wildman–Crippen MR) is 79.7 cm³/mol. The molecular weight excluding hydrogens is 308 g/mol. The van der Waals surface area contributed by atoms with Crippen LogP contribution in [0.5, 0.6) is 0 Å². The third-order valence-corrected chi connectivity index (χ3v) is 4.45. The summed E-state index contributed by atoms with van der Waals surface area (Å²) in [4.78, 5) is 20.7. The quantitative estimate of drug-likeness (QED) is 0.754. The molecule has 3 rings (SSSR count). The first kappa shape index (κ1) is 10.1. The molecule has 0 saturated carbocycles. The molecule has 0 spiro atoms. The van der Waals surface area contributed by atoms with E-state index in [2.05, 4.69) is 9.97 Å². The molecule has 22 heavy (non-hydrogen) atoms. The first-order chi connectivity index (χ1) is 12.4. The van der Waals surface area contributed by atoms with Crippen molar-refractivity contribution in [3.8, 4) is 0 Å². The van der Waals surface area contributed by atoms with Crippen molar-refractivity contribution < 1.29 is 20.0 Å². The molecule has 1 fully saturated rings. The molecule has 0 aliphatic carbocycles. The summed E-state index contributed by atoms with van der Waals surface area (Å²) in [6.45, 7) is -5.45. The summed E-state index contributed by atoms with van der Waals surface area (Å²) in [5, 5.41) is -0.526. The van der Waals surface area contributed by atoms with Gasteiger partial charge in [0.05, 0.1) is 6.20 Å². The minimum atomic E-state index is -3.79. The highest BCUT2D eigenvalue weighted by Crippen LogP contribution is 2.23. The van der Waals surface area contributed by atoms with Crippen LogP contribution in [0.1, 0.15) is 32.6 Å². The molecule has 0 atom stereocenters. The molecule has 8 nitrogen and oxygen atoms in total. The second-order valence-electron chi connectivity index (χ2n) is 5.08. The van der Waals surface area contributed by atoms with Crippen molar-refractivity contribution in [2.75, 3.05) is 19.5 Å². The zero-order valence-electron chi connectivity index (χ0n) is 16.8. The van der Waals surface area contributed by atoms with E-state index in [-0.39, 0.29) is 11.2 Å². The van der Waals surface area contributed by atoms with Crippen LogP contribution < -0.4 is 5.69 Å². The highest BCUT2D eigenvalue weighted by molar-refractivity contribution is 7.90. The van der Waals surface area contributed by atoms with Crippen molar-refractivity contribution >= 4 is 21.0 Å². The number of nitrogens with zero attached hydrogens (tertiary/aromatic N) is 4. The van der Waals surface area contributed by atoms with E-state index >= 15 is 0 Å². The minimum absolute atomic E-state index is 0.115. The molecule has 0 radical (unpaired) electrons. The largest absolute Gasteiger partial charge is 0.381 e. The van der Waals surface area contributed by atoms with Crippen LogP contribution in [0.3, 0.4) is 0 Å². The molecular formula is C13H18N4O4S. The Balaban J connectivity index is 2.38. The van der Waals surface area contributed by atoms with Crippen LogP contribution >= 0.6 is 0 Å². The van der Waals surface area contributed by atoms with Gasteiger partial charge >= 0.3 is 5.69 Å². The van der Waals surface area contributed by atoms with E-state index in [9.17, 15) is 13.2 Å². The van der Waals surface area contributed by atoms with Crippen molar-refractivity contribution in [2.45, 2.75) is 37.4 Å². The Bertz CT molecular complexity index is 1040. The van der Waals surface area contributed by atoms with Crippen molar-refractivity contribution in [2.24, 2.45) is 0 Å². The van der Waals surface area contributed by atoms with E-state index in [0.29, 0.717) is 30.6 Å². The van der Waals surface area contributed by atoms with E-state index in [1.807, 2.05) is 0 Å². The number of imidazole rings is 1. The van der Waals surface area contributed by atoms with Crippen LogP contribution in [0.15, 0.2) is 16.1 Å². The van der Waals surface area contributed by atoms with Gasteiger partial charge in [0.2, 0.25) is 15.0 Å². The van der Waals surface area contributed by atoms with Crippen LogP contribution in [-0.2, 0) is 21.1 Å². The van der Waals surface area contributed by atoms with E-state index in [4.69, 9.17) is 11.6 Å². The van der Waals surface area contributed by atoms with Gasteiger partial charge in [0, 0.05) is 38.9 Å². The summed E-state index contributed by atoms with van der Waals surface area (Å²) in [5.74, 6) is 0. The molecule has 0 amide bonds. The standard InChI is InChI=1S/C13H18N4O4S/c1-3-16-10-8-14-12(22(2,19)20)15-11(10)17(13(16)18)9-4-6-21-7-5-9/h8-9H,3-7H2,1-2H3/i1D3,3D2. The van der Waals surface area contributed by atoms with Gasteiger partial charge in [-0.25, -0.2) is 18.2 Å². The van der Waals surface area contributed by atoms with Crippen molar-refractivity contribution in [3.63, 3.8) is 0 Å². The number of aryl methyl sites for hydroxylation is 1. The maximum atomic E-state index is 13.0. The van der Waals surface area contributed by atoms with Gasteiger partial charge < -0.3 is 4.74 Å². The van der Waals surface area contributed by atoms with E-state index in [1.165, 1.54) is 0 Å². The lowest BCUT2D eigenvalue weighted by molar-refractivity contribution is 0.0694. The maximum absolute atomic E-state index is 13.0. The van der Waals surface area contributed by atoms with Crippen molar-refractivity contribution in [3.05, 3.63) is 16.7 Å². The fourth-order valence-electron chi connectivity index (χ4n) is 2.55. The van der Waals surface area contributed by atoms with Gasteiger partial charge in [0.25, 0.3) is 0 Å². The smallest absolute Gasteiger partial charge is 0.330 e. The van der Waals surface area contributed by atoms with Crippen molar-refractivity contribution in [1.82, 2.24) is 19.1 Å². The zero-order valence-corrected chi connectivity index (χ0v) is 12.6. The fraction of sp³-hybridized carbons (Fsp3) is 0.615. The molecule has 9 heteroatoms. The Morgan fingerprint density at radius 3 is 2.86 bits per heavy atom. The molecule has 2 aromatic heterocycles. The molecule has 1 aliphatic rings. The minimum Gasteiger partial charge on any atom is -0.381 e. The summed E-state index contributed by atoms with van der Waals surface area (Å²) < 4.78 is 68.9. The number of ether oxygens (including phenoxy) is 1. The third-order valence-electron chi connectivity index (χ3n) is 3.59. The number of hydrogen-bond donors (Lipinski definition) is 0. The monoisotopic (exact) mass is 331 g/mol. The van der Waals surface area contributed by atoms with Crippen LogP contribution in [0.2, 0.25) is 0 Å². The van der Waals surface area contributed by atoms with Gasteiger partial charge in [0.15, 0.2) is 5.65 Å². The van der Waals surface area contributed by atoms with Crippen LogP contribution in [0.25, 0.3) is 11.2 Å². The molecule has 1 saturated heterocycles. The van der Waals surface area contributed by atoms with Gasteiger partial charge in [-0.05, 0) is 19.7 Å². The lowest BCUT2D eigenvalue weighted by atomic mass is 10.1. The average molecular weight is 331 g/mol. The maximum Gasteiger partial charge on any atom is 0.330 e. The molecule has 2 aromatic rings. The Hall–Kier alpha value is -1.74. The molecule has 120 valence electrons. The van der Waals surface area contributed by atoms with Gasteiger partial charge in [0.1, 0.15) is 5.52 Å². The first-order valence-corrected chi connectivity index (χ1v) is 8.53. The second-order valence-corrected chi connectivity index (χ2v) is 6.99. The Kier molecular flexibility index (Phi) is 2.52. The van der Waals surface area contributed by atoms with Crippen molar-refractivity contribution in [1.29, 1.82) is 0 Å². The Labute approximate surface area is 134 Å². The van der Waals surface area contributed by atoms with Crippen LogP contribution in [0, 0.1) is 0 Å². The molecule has 0 unspecified atom stereocenters. The lowest BCUT2D eigenvalue weighted by Gasteiger charge is -2.22. The van der Waals surface area contributed by atoms with E-state index in [1.54, 1.807) is 0 Å². The normalized spacial score (nSPS) is 21.8. The summed E-state index contributed by atoms with van der Waals surface area (Å²) in [5.41, 5.74) is -1.21. The molecule has 0 bridgehead atoms. The molecule has 0 aromatic carbocycles. The molecule has 3 heterocycles. The summed E-state index contributed by atoms with van der Waals surface area (Å²) in [7, 11) is -3.79. The average Bonchev–Trinajstić information content (AvgIpc) is 2.85. The number of rotatable bonds is 3. The summed E-state index contributed by atoms with van der Waals surface area (Å²) >= 11 is 0. The SMILES string of the molecule is [2H]C([2H])([2H])C([2H])([2H])n1c(=O)n(C2CCOCC2)c2nc(S(C)(=O)=O)ncc21. The number of sulfone groups is 1. The second kappa shape index (κ2) is 5.47. The predicted octanol–water partition coefficient (Wildman–Crippen LogP) is 0.368. The Morgan fingerprint density at radius 1 is 1.50 bits per heavy atom. The Morgan fingerprint density at radius 2 is 2.23 bits per heavy atom. The highest BCUT2D eigenvalue weighted by Gasteiger charge is 2.25. The first-order valence-electron chi connectivity index (χ1n) is 9.14. The number of hydrogen-bond acceptors (Lipinski definition) is 6. The van der Waals surface area contributed by atoms with E-state index < -0.39 is 40.1 Å². The summed E-state index contributed by atoms with van der Waals surface area (Å²) in [6, 6.07) is -0.426. The third kappa shape index (κ3) is 2.44. The van der Waals surface area contributed by atoms with E-state index in [0.717, 1.165) is 17.0 Å². The van der Waals surface area contributed by atoms with Gasteiger partial charge in [-0.3, -0.25) is 9.13 Å². The summed E-state index contributed by atoms with van der Waals surface area (Å²) in [6.07, 6.45) is 2.73. The lowest BCUT2D eigenvalue weighted by Crippen LogP contribution is -2.30. The van der Waals surface area contributed by atoms with Gasteiger partial charge in [-0.15, -0.1) is 0 Å². The molecule has 1 aliphatic heterocycles. The topological polar surface area (TPSA) is 96.1 Å². The van der Waals surface area contributed by atoms with Crippen LogP contribution in [0.4, 0.5) is 0 Å². The van der Waals surface area contributed by atoms with Crippen LogP contribution in [-0.4, -0.2) is 47.0 Å². The van der Waals surface area contributed by atoms with Gasteiger partial charge in [-0.1, -0.05) is 0 Å². The molecule has 0 N–H and O–H groups in total. The number of aromatic nitrogens is 4.